The molecule has 1 aromatic heterocycles. The summed E-state index contributed by atoms with van der Waals surface area (Å²) in [6.45, 7) is 1.89. The number of nitrogens with zero attached hydrogens (tertiary/aromatic N) is 2. The lowest BCUT2D eigenvalue weighted by Crippen LogP contribution is -2.03. The number of aromatic nitrogens is 1. The zero-order chi connectivity index (χ0) is 14.5. The monoisotopic (exact) mass is 291 g/mol. The maximum atomic E-state index is 11.2. The fourth-order valence-corrected chi connectivity index (χ4v) is 2.16. The van der Waals surface area contributed by atoms with Crippen LogP contribution in [0.4, 0.5) is 5.13 Å². The van der Waals surface area contributed by atoms with Gasteiger partial charge in [0.1, 0.15) is 5.75 Å². The molecule has 0 fully saturated rings. The van der Waals surface area contributed by atoms with Crippen LogP contribution in [0.15, 0.2) is 28.7 Å². The van der Waals surface area contributed by atoms with Gasteiger partial charge in [0.25, 0.3) is 0 Å². The number of nitrogens with one attached hydrogen (secondary N) is 1. The van der Waals surface area contributed by atoms with Crippen molar-refractivity contribution in [1.29, 1.82) is 0 Å². The Morgan fingerprint density at radius 1 is 1.55 bits per heavy atom. The third-order valence-corrected chi connectivity index (χ3v) is 3.34. The third-order valence-electron chi connectivity index (χ3n) is 2.47. The van der Waals surface area contributed by atoms with Crippen molar-refractivity contribution in [2.45, 2.75) is 6.92 Å². The molecule has 0 radical (unpaired) electrons. The molecule has 20 heavy (non-hydrogen) atoms. The smallest absolute Gasteiger partial charge is 0.336 e. The zero-order valence-electron chi connectivity index (χ0n) is 11.0. The number of rotatable bonds is 5. The van der Waals surface area contributed by atoms with Crippen molar-refractivity contribution >= 4 is 28.7 Å². The highest BCUT2D eigenvalue weighted by atomic mass is 32.1. The van der Waals surface area contributed by atoms with E-state index in [2.05, 4.69) is 15.5 Å². The van der Waals surface area contributed by atoms with Crippen molar-refractivity contribution in [1.82, 2.24) is 4.98 Å². The predicted molar refractivity (Wildman–Crippen MR) is 78.0 cm³/mol. The summed E-state index contributed by atoms with van der Waals surface area (Å²) in [4.78, 5) is 15.4. The van der Waals surface area contributed by atoms with Crippen LogP contribution in [-0.4, -0.2) is 29.4 Å². The van der Waals surface area contributed by atoms with Crippen LogP contribution in [0.2, 0.25) is 0 Å². The maximum Gasteiger partial charge on any atom is 0.336 e. The molecule has 6 nitrogen and oxygen atoms in total. The van der Waals surface area contributed by atoms with E-state index >= 15 is 0 Å². The van der Waals surface area contributed by atoms with Crippen molar-refractivity contribution in [3.63, 3.8) is 0 Å². The maximum absolute atomic E-state index is 11.2. The van der Waals surface area contributed by atoms with Gasteiger partial charge in [-0.25, -0.2) is 9.78 Å². The molecule has 0 bridgehead atoms. The Morgan fingerprint density at radius 2 is 2.35 bits per heavy atom. The number of hydrogen-bond donors (Lipinski definition) is 2. The molecule has 2 aromatic rings. The Kier molecular flexibility index (Phi) is 4.31. The van der Waals surface area contributed by atoms with Crippen molar-refractivity contribution in [3.8, 4) is 5.75 Å². The molecule has 1 heterocycles. The lowest BCUT2D eigenvalue weighted by Gasteiger charge is -2.04. The number of methoxy groups -OCH3 is 1. The lowest BCUT2D eigenvalue weighted by atomic mass is 10.1. The largest absolute Gasteiger partial charge is 0.497 e. The summed E-state index contributed by atoms with van der Waals surface area (Å²) in [5.41, 5.74) is 4.28. The first-order valence-electron chi connectivity index (χ1n) is 5.72. The zero-order valence-corrected chi connectivity index (χ0v) is 11.8. The summed E-state index contributed by atoms with van der Waals surface area (Å²) in [7, 11) is 1.49. The highest BCUT2D eigenvalue weighted by Crippen LogP contribution is 2.17. The van der Waals surface area contributed by atoms with Gasteiger partial charge >= 0.3 is 5.97 Å². The van der Waals surface area contributed by atoms with Crippen molar-refractivity contribution < 1.29 is 14.6 Å². The number of ether oxygens (including phenoxy) is 1. The number of hydrogen-bond acceptors (Lipinski definition) is 6. The number of anilines is 1. The second-order valence-corrected chi connectivity index (χ2v) is 4.78. The summed E-state index contributed by atoms with van der Waals surface area (Å²) in [5.74, 6) is -0.543. The minimum Gasteiger partial charge on any atom is -0.497 e. The first-order chi connectivity index (χ1) is 9.60. The number of benzene rings is 1. The van der Waals surface area contributed by atoms with Gasteiger partial charge in [0.2, 0.25) is 5.13 Å². The van der Waals surface area contributed by atoms with Crippen LogP contribution < -0.4 is 10.2 Å². The van der Waals surface area contributed by atoms with Crippen LogP contribution in [0.1, 0.15) is 21.6 Å². The van der Waals surface area contributed by atoms with Crippen molar-refractivity contribution in [2.24, 2.45) is 5.10 Å². The minimum atomic E-state index is -1.03. The molecule has 0 aliphatic carbocycles. The van der Waals surface area contributed by atoms with Crippen LogP contribution in [0.3, 0.4) is 0 Å². The fourth-order valence-electron chi connectivity index (χ4n) is 1.52. The van der Waals surface area contributed by atoms with Gasteiger partial charge in [-0.2, -0.15) is 5.10 Å². The molecular weight excluding hydrogens is 278 g/mol. The van der Waals surface area contributed by atoms with E-state index in [0.717, 1.165) is 5.69 Å². The number of hydrazone groups is 1. The SMILES string of the molecule is COc1ccc(C=NNc2nc(C)cs2)c(C(=O)O)c1. The number of aryl methyl sites for hydroxylation is 1. The molecule has 0 saturated heterocycles. The number of carbonyl (C=O) groups is 1. The number of carboxylic acid groups (broad SMARTS) is 1. The molecule has 2 N–H and O–H groups in total. The van der Waals surface area contributed by atoms with E-state index < -0.39 is 5.97 Å². The topological polar surface area (TPSA) is 83.8 Å². The molecule has 1 aromatic carbocycles. The average molecular weight is 291 g/mol. The van der Waals surface area contributed by atoms with E-state index in [1.807, 2.05) is 12.3 Å². The first kappa shape index (κ1) is 14.0. The van der Waals surface area contributed by atoms with Gasteiger partial charge in [-0.1, -0.05) is 0 Å². The molecule has 0 amide bonds. The third kappa shape index (κ3) is 3.33. The van der Waals surface area contributed by atoms with Crippen LogP contribution in [0.5, 0.6) is 5.75 Å². The Bertz CT molecular complexity index is 652. The fraction of sp³-hybridized carbons (Fsp3) is 0.154. The summed E-state index contributed by atoms with van der Waals surface area (Å²) in [6, 6.07) is 4.78. The van der Waals surface area contributed by atoms with Gasteiger partial charge in [-0.05, 0) is 25.1 Å². The van der Waals surface area contributed by atoms with Gasteiger partial charge in [0.15, 0.2) is 0 Å². The van der Waals surface area contributed by atoms with Crippen LogP contribution >= 0.6 is 11.3 Å². The Hall–Kier alpha value is -2.41. The Balaban J connectivity index is 2.17. The molecular formula is C13H13N3O3S. The van der Waals surface area contributed by atoms with E-state index in [0.29, 0.717) is 16.4 Å². The van der Waals surface area contributed by atoms with Crippen LogP contribution in [0.25, 0.3) is 0 Å². The summed E-state index contributed by atoms with van der Waals surface area (Å²) in [6.07, 6.45) is 1.44. The van der Waals surface area contributed by atoms with Gasteiger partial charge in [0.05, 0.1) is 24.6 Å². The molecule has 0 aliphatic heterocycles. The van der Waals surface area contributed by atoms with E-state index in [1.165, 1.54) is 30.7 Å². The Morgan fingerprint density at radius 3 is 2.95 bits per heavy atom. The number of aromatic carboxylic acids is 1. The number of thiazole rings is 1. The van der Waals surface area contributed by atoms with Crippen molar-refractivity contribution in [3.05, 3.63) is 40.4 Å². The molecule has 2 rings (SSSR count). The van der Waals surface area contributed by atoms with E-state index in [4.69, 9.17) is 9.84 Å². The summed E-state index contributed by atoms with van der Waals surface area (Å²) < 4.78 is 5.00. The quantitative estimate of drug-likeness (QED) is 0.653. The second-order valence-electron chi connectivity index (χ2n) is 3.92. The van der Waals surface area contributed by atoms with E-state index in [9.17, 15) is 4.79 Å². The average Bonchev–Trinajstić information content (AvgIpc) is 2.84. The van der Waals surface area contributed by atoms with E-state index in [-0.39, 0.29) is 5.56 Å². The molecule has 0 saturated carbocycles. The van der Waals surface area contributed by atoms with Crippen molar-refractivity contribution in [2.75, 3.05) is 12.5 Å². The van der Waals surface area contributed by atoms with Crippen LogP contribution in [0, 0.1) is 6.92 Å². The summed E-state index contributed by atoms with van der Waals surface area (Å²) in [5, 5.41) is 15.7. The summed E-state index contributed by atoms with van der Waals surface area (Å²) >= 11 is 1.43. The second kappa shape index (κ2) is 6.16. The van der Waals surface area contributed by atoms with Gasteiger partial charge in [0, 0.05) is 10.9 Å². The Labute approximate surface area is 119 Å². The van der Waals surface area contributed by atoms with Gasteiger partial charge < -0.3 is 9.84 Å². The normalized spacial score (nSPS) is 10.7. The molecule has 0 atom stereocenters. The molecule has 7 heteroatoms. The highest BCUT2D eigenvalue weighted by Gasteiger charge is 2.10. The van der Waals surface area contributed by atoms with E-state index in [1.54, 1.807) is 12.1 Å². The van der Waals surface area contributed by atoms with Gasteiger partial charge in [-0.15, -0.1) is 11.3 Å². The first-order valence-corrected chi connectivity index (χ1v) is 6.60. The molecule has 0 spiro atoms. The molecule has 0 unspecified atom stereocenters. The highest BCUT2D eigenvalue weighted by molar-refractivity contribution is 7.13. The molecule has 104 valence electrons. The number of carboxylic acids is 1. The predicted octanol–water partition coefficient (Wildman–Crippen LogP) is 2.60. The van der Waals surface area contributed by atoms with Gasteiger partial charge in [-0.3, -0.25) is 5.43 Å². The van der Waals surface area contributed by atoms with Crippen LogP contribution in [-0.2, 0) is 0 Å². The minimum absolute atomic E-state index is 0.130. The standard InChI is InChI=1S/C13H13N3O3S/c1-8-7-20-13(15-8)16-14-6-9-3-4-10(19-2)5-11(9)12(17)18/h3-7H,1-2H3,(H,15,16)(H,17,18). The molecule has 0 aliphatic rings. The lowest BCUT2D eigenvalue weighted by molar-refractivity contribution is 0.0696.